The normalized spacial score (nSPS) is 13.3. The maximum absolute atomic E-state index is 12.7. The average Bonchev–Trinajstić information content (AvgIpc) is 2.56. The highest BCUT2D eigenvalue weighted by molar-refractivity contribution is 4.65. The van der Waals surface area contributed by atoms with Crippen molar-refractivity contribution in [1.82, 2.24) is 0 Å². The predicted octanol–water partition coefficient (Wildman–Crippen LogP) is 6.36. The molecule has 0 amide bonds. The van der Waals surface area contributed by atoms with Crippen LogP contribution in [0.3, 0.4) is 0 Å². The van der Waals surface area contributed by atoms with E-state index in [-0.39, 0.29) is 6.61 Å². The van der Waals surface area contributed by atoms with E-state index in [1.54, 1.807) is 0 Å². The highest BCUT2D eigenvalue weighted by Gasteiger charge is 2.39. The highest BCUT2D eigenvalue weighted by Crippen LogP contribution is 2.27. The van der Waals surface area contributed by atoms with Crippen molar-refractivity contribution in [2.75, 3.05) is 19.8 Å². The summed E-state index contributed by atoms with van der Waals surface area (Å²) in [4.78, 5) is 0. The van der Waals surface area contributed by atoms with Crippen molar-refractivity contribution >= 4 is 0 Å². The van der Waals surface area contributed by atoms with Crippen molar-refractivity contribution in [3.63, 3.8) is 0 Å². The minimum atomic E-state index is -4.69. The summed E-state index contributed by atoms with van der Waals surface area (Å²) in [6.07, 6.45) is 5.43. The van der Waals surface area contributed by atoms with Crippen LogP contribution in [0.5, 0.6) is 0 Å². The summed E-state index contributed by atoms with van der Waals surface area (Å²) in [6, 6.07) is 0. The number of ether oxygens (including phenoxy) is 1. The van der Waals surface area contributed by atoms with Crippen molar-refractivity contribution < 1.29 is 27.4 Å². The van der Waals surface area contributed by atoms with Gasteiger partial charge in [-0.15, -0.1) is 0 Å². The fourth-order valence-electron chi connectivity index (χ4n) is 2.73. The Bertz CT molecular complexity index is 273. The Labute approximate surface area is 150 Å². The molecule has 6 heteroatoms. The van der Waals surface area contributed by atoms with E-state index in [1.807, 2.05) is 0 Å². The lowest BCUT2D eigenvalue weighted by Crippen LogP contribution is -2.23. The molecule has 2 nitrogen and oxygen atoms in total. The molecule has 152 valence electrons. The second-order valence-electron chi connectivity index (χ2n) is 6.73. The Morgan fingerprint density at radius 2 is 1.04 bits per heavy atom. The molecule has 0 aliphatic carbocycles. The van der Waals surface area contributed by atoms with Crippen LogP contribution in [0.1, 0.15) is 89.9 Å². The molecule has 0 aromatic rings. The maximum Gasteiger partial charge on any atom is 0.419 e. The molecule has 1 unspecified atom stereocenters. The molecule has 1 atom stereocenters. The second-order valence-corrected chi connectivity index (χ2v) is 6.73. The van der Waals surface area contributed by atoms with E-state index in [0.717, 1.165) is 32.3 Å². The van der Waals surface area contributed by atoms with E-state index >= 15 is 0 Å². The topological polar surface area (TPSA) is 29.5 Å². The fraction of sp³-hybridized carbons (Fsp3) is 1.00. The molecular weight excluding hydrogens is 336 g/mol. The zero-order valence-corrected chi connectivity index (χ0v) is 15.5. The lowest BCUT2D eigenvalue weighted by molar-refractivity contribution is -0.182. The third kappa shape index (κ3) is 18.2. The molecule has 0 saturated heterocycles. The second kappa shape index (κ2) is 17.1. The van der Waals surface area contributed by atoms with Crippen LogP contribution in [0, 0.1) is 0 Å². The molecule has 0 bridgehead atoms. The largest absolute Gasteiger partial charge is 0.419 e. The number of aliphatic hydroxyl groups is 1. The van der Waals surface area contributed by atoms with E-state index in [0.29, 0.717) is 25.9 Å². The van der Waals surface area contributed by atoms with Gasteiger partial charge in [-0.2, -0.15) is 13.2 Å². The first kappa shape index (κ1) is 24.6. The van der Waals surface area contributed by atoms with Crippen LogP contribution >= 0.6 is 0 Å². The lowest BCUT2D eigenvalue weighted by atomic mass is 10.0. The van der Waals surface area contributed by atoms with Crippen LogP contribution in [0.4, 0.5) is 17.6 Å². The zero-order chi connectivity index (χ0) is 18.8. The van der Waals surface area contributed by atoms with Gasteiger partial charge in [0.05, 0.1) is 0 Å². The quantitative estimate of drug-likeness (QED) is 0.224. The van der Waals surface area contributed by atoms with Crippen LogP contribution in [0.25, 0.3) is 0 Å². The van der Waals surface area contributed by atoms with E-state index in [2.05, 4.69) is 0 Å². The van der Waals surface area contributed by atoms with Gasteiger partial charge in [-0.05, 0) is 19.3 Å². The summed E-state index contributed by atoms with van der Waals surface area (Å²) in [5, 5.41) is 8.60. The van der Waals surface area contributed by atoms with Gasteiger partial charge < -0.3 is 9.84 Å². The summed E-state index contributed by atoms with van der Waals surface area (Å²) in [6.45, 7) is 1.62. The van der Waals surface area contributed by atoms with Crippen LogP contribution in [-0.2, 0) is 4.74 Å². The molecule has 25 heavy (non-hydrogen) atoms. The number of halogens is 4. The molecule has 0 saturated carbocycles. The molecule has 0 heterocycles. The Hall–Kier alpha value is -0.360. The molecule has 0 rings (SSSR count). The first-order valence-electron chi connectivity index (χ1n) is 9.88. The minimum Gasteiger partial charge on any atom is -0.396 e. The standard InChI is InChI=1S/C19H36F4O2/c20-18(19(21,22)23)14-11-9-7-5-3-1-2-4-6-8-10-12-16-25-17-13-15-24/h18,24H,1-17H2. The van der Waals surface area contributed by atoms with Gasteiger partial charge in [0.2, 0.25) is 0 Å². The smallest absolute Gasteiger partial charge is 0.396 e. The van der Waals surface area contributed by atoms with Crippen molar-refractivity contribution in [2.24, 2.45) is 0 Å². The van der Waals surface area contributed by atoms with Gasteiger partial charge in [-0.25, -0.2) is 4.39 Å². The monoisotopic (exact) mass is 372 g/mol. The van der Waals surface area contributed by atoms with Gasteiger partial charge in [-0.3, -0.25) is 0 Å². The van der Waals surface area contributed by atoms with Gasteiger partial charge in [0.25, 0.3) is 0 Å². The molecule has 0 aromatic carbocycles. The van der Waals surface area contributed by atoms with Crippen molar-refractivity contribution in [1.29, 1.82) is 0 Å². The summed E-state index contributed by atoms with van der Waals surface area (Å²) >= 11 is 0. The van der Waals surface area contributed by atoms with E-state index in [4.69, 9.17) is 9.84 Å². The first-order valence-corrected chi connectivity index (χ1v) is 9.88. The number of rotatable bonds is 18. The Balaban J connectivity index is 3.10. The number of aliphatic hydroxyl groups excluding tert-OH is 1. The predicted molar refractivity (Wildman–Crippen MR) is 93.5 cm³/mol. The summed E-state index contributed by atoms with van der Waals surface area (Å²) in [5.41, 5.74) is 0. The number of hydrogen-bond donors (Lipinski definition) is 1. The number of unbranched alkanes of at least 4 members (excludes halogenated alkanes) is 11. The first-order chi connectivity index (χ1) is 12.0. The van der Waals surface area contributed by atoms with Crippen molar-refractivity contribution in [3.05, 3.63) is 0 Å². The molecular formula is C19H36F4O2. The van der Waals surface area contributed by atoms with Crippen molar-refractivity contribution in [3.8, 4) is 0 Å². The molecule has 0 aromatic heterocycles. The maximum atomic E-state index is 12.7. The van der Waals surface area contributed by atoms with Gasteiger partial charge >= 0.3 is 6.18 Å². The van der Waals surface area contributed by atoms with E-state index in [9.17, 15) is 17.6 Å². The average molecular weight is 372 g/mol. The molecule has 1 N–H and O–H groups in total. The van der Waals surface area contributed by atoms with Gasteiger partial charge in [-0.1, -0.05) is 70.6 Å². The Kier molecular flexibility index (Phi) is 16.8. The summed E-state index contributed by atoms with van der Waals surface area (Å²) in [5.74, 6) is 0. The Morgan fingerprint density at radius 1 is 0.640 bits per heavy atom. The lowest BCUT2D eigenvalue weighted by Gasteiger charge is -2.11. The molecule has 0 radical (unpaired) electrons. The number of hydrogen-bond acceptors (Lipinski definition) is 2. The van der Waals surface area contributed by atoms with Crippen molar-refractivity contribution in [2.45, 2.75) is 102 Å². The zero-order valence-electron chi connectivity index (χ0n) is 15.5. The molecule has 0 fully saturated rings. The minimum absolute atomic E-state index is 0.191. The fourth-order valence-corrected chi connectivity index (χ4v) is 2.73. The summed E-state index contributed by atoms with van der Waals surface area (Å²) < 4.78 is 53.9. The van der Waals surface area contributed by atoms with Gasteiger partial charge in [0.1, 0.15) is 0 Å². The molecule has 0 aliphatic heterocycles. The van der Waals surface area contributed by atoms with E-state index in [1.165, 1.54) is 38.5 Å². The molecule has 0 spiro atoms. The molecule has 0 aliphatic rings. The SMILES string of the molecule is OCCCOCCCCCCCCCCCCCCC(F)C(F)(F)F. The summed E-state index contributed by atoms with van der Waals surface area (Å²) in [7, 11) is 0. The third-order valence-corrected chi connectivity index (χ3v) is 4.30. The third-order valence-electron chi connectivity index (χ3n) is 4.30. The van der Waals surface area contributed by atoms with Crippen LogP contribution in [0.2, 0.25) is 0 Å². The van der Waals surface area contributed by atoms with Crippen LogP contribution in [0.15, 0.2) is 0 Å². The van der Waals surface area contributed by atoms with Gasteiger partial charge in [0.15, 0.2) is 6.17 Å². The van der Waals surface area contributed by atoms with Gasteiger partial charge in [0, 0.05) is 19.8 Å². The van der Waals surface area contributed by atoms with Crippen LogP contribution < -0.4 is 0 Å². The Morgan fingerprint density at radius 3 is 1.48 bits per heavy atom. The van der Waals surface area contributed by atoms with Crippen LogP contribution in [-0.4, -0.2) is 37.3 Å². The van der Waals surface area contributed by atoms with E-state index < -0.39 is 18.8 Å². The number of alkyl halides is 4. The highest BCUT2D eigenvalue weighted by atomic mass is 19.4.